The molecule has 3 aromatic carbocycles. The molecule has 9 heteroatoms. The SMILES string of the molecule is COc1cc(/C=C2\SC(=O)N(CC(=O)Nc3ccccc3)C2=O)ccc1OCc1ccccc1C#N. The maximum atomic E-state index is 12.8. The molecule has 0 spiro atoms. The number of ether oxygens (including phenoxy) is 2. The topological polar surface area (TPSA) is 109 Å². The monoisotopic (exact) mass is 499 g/mol. The normalized spacial score (nSPS) is 14.0. The Morgan fingerprint density at radius 3 is 2.56 bits per heavy atom. The van der Waals surface area contributed by atoms with Crippen LogP contribution in [0.3, 0.4) is 0 Å². The fourth-order valence-corrected chi connectivity index (χ4v) is 4.30. The number of amides is 3. The van der Waals surface area contributed by atoms with Crippen molar-refractivity contribution in [2.24, 2.45) is 0 Å². The van der Waals surface area contributed by atoms with E-state index in [2.05, 4.69) is 11.4 Å². The molecule has 4 rings (SSSR count). The van der Waals surface area contributed by atoms with Gasteiger partial charge in [-0.2, -0.15) is 5.26 Å². The van der Waals surface area contributed by atoms with Crippen LogP contribution in [-0.2, 0) is 16.2 Å². The van der Waals surface area contributed by atoms with Gasteiger partial charge in [-0.1, -0.05) is 42.5 Å². The number of hydrogen-bond donors (Lipinski definition) is 1. The van der Waals surface area contributed by atoms with Crippen molar-refractivity contribution in [1.82, 2.24) is 4.90 Å². The number of hydrogen-bond acceptors (Lipinski definition) is 7. The van der Waals surface area contributed by atoms with Gasteiger partial charge in [0, 0.05) is 11.3 Å². The van der Waals surface area contributed by atoms with E-state index >= 15 is 0 Å². The van der Waals surface area contributed by atoms with E-state index in [1.807, 2.05) is 18.2 Å². The number of benzene rings is 3. The van der Waals surface area contributed by atoms with Gasteiger partial charge in [0.15, 0.2) is 11.5 Å². The predicted molar refractivity (Wildman–Crippen MR) is 136 cm³/mol. The first-order valence-electron chi connectivity index (χ1n) is 10.9. The van der Waals surface area contributed by atoms with Gasteiger partial charge in [-0.05, 0) is 53.7 Å². The van der Waals surface area contributed by atoms with E-state index < -0.39 is 17.1 Å². The van der Waals surface area contributed by atoms with E-state index in [1.165, 1.54) is 7.11 Å². The quantitative estimate of drug-likeness (QED) is 0.443. The smallest absolute Gasteiger partial charge is 0.294 e. The van der Waals surface area contributed by atoms with Crippen molar-refractivity contribution < 1.29 is 23.9 Å². The average Bonchev–Trinajstić information content (AvgIpc) is 3.15. The van der Waals surface area contributed by atoms with Crippen LogP contribution in [0.4, 0.5) is 10.5 Å². The van der Waals surface area contributed by atoms with Gasteiger partial charge in [-0.25, -0.2) is 0 Å². The molecule has 1 heterocycles. The molecule has 0 aliphatic carbocycles. The molecule has 1 N–H and O–H groups in total. The number of rotatable bonds is 8. The Morgan fingerprint density at radius 2 is 1.81 bits per heavy atom. The first-order chi connectivity index (χ1) is 17.5. The van der Waals surface area contributed by atoms with Crippen LogP contribution in [-0.4, -0.2) is 35.6 Å². The molecule has 3 amide bonds. The second-order valence-corrected chi connectivity index (χ2v) is 8.64. The third-order valence-electron chi connectivity index (χ3n) is 5.24. The molecule has 0 saturated carbocycles. The van der Waals surface area contributed by atoms with Crippen LogP contribution in [0.1, 0.15) is 16.7 Å². The second kappa shape index (κ2) is 11.3. The van der Waals surface area contributed by atoms with Gasteiger partial charge in [-0.15, -0.1) is 0 Å². The summed E-state index contributed by atoms with van der Waals surface area (Å²) in [5.41, 5.74) is 2.48. The van der Waals surface area contributed by atoms with Crippen LogP contribution in [0, 0.1) is 11.3 Å². The summed E-state index contributed by atoms with van der Waals surface area (Å²) < 4.78 is 11.3. The largest absolute Gasteiger partial charge is 0.493 e. The van der Waals surface area contributed by atoms with Crippen molar-refractivity contribution in [2.75, 3.05) is 19.0 Å². The highest BCUT2D eigenvalue weighted by Gasteiger charge is 2.36. The molecule has 1 aliphatic heterocycles. The molecule has 36 heavy (non-hydrogen) atoms. The van der Waals surface area contributed by atoms with E-state index in [-0.39, 0.29) is 18.1 Å². The zero-order valence-corrected chi connectivity index (χ0v) is 20.1. The number of imide groups is 1. The molecule has 0 atom stereocenters. The zero-order chi connectivity index (χ0) is 25.5. The fraction of sp³-hybridized carbons (Fsp3) is 0.111. The average molecular weight is 500 g/mol. The number of carbonyl (C=O) groups is 3. The Bertz CT molecular complexity index is 1380. The third kappa shape index (κ3) is 5.74. The minimum Gasteiger partial charge on any atom is -0.493 e. The summed E-state index contributed by atoms with van der Waals surface area (Å²) in [6, 6.07) is 23.2. The van der Waals surface area contributed by atoms with Crippen LogP contribution in [0.2, 0.25) is 0 Å². The third-order valence-corrected chi connectivity index (χ3v) is 6.15. The van der Waals surface area contributed by atoms with Crippen molar-refractivity contribution in [2.45, 2.75) is 6.61 Å². The molecule has 1 fully saturated rings. The molecule has 3 aromatic rings. The lowest BCUT2D eigenvalue weighted by molar-refractivity contribution is -0.127. The summed E-state index contributed by atoms with van der Waals surface area (Å²) in [6.07, 6.45) is 1.57. The highest BCUT2D eigenvalue weighted by Crippen LogP contribution is 2.34. The molecular weight excluding hydrogens is 478 g/mol. The lowest BCUT2D eigenvalue weighted by atomic mass is 10.1. The Morgan fingerprint density at radius 1 is 1.06 bits per heavy atom. The van der Waals surface area contributed by atoms with Crippen molar-refractivity contribution in [3.05, 3.63) is 94.4 Å². The van der Waals surface area contributed by atoms with E-state index in [9.17, 15) is 19.6 Å². The zero-order valence-electron chi connectivity index (χ0n) is 19.3. The maximum absolute atomic E-state index is 12.8. The highest BCUT2D eigenvalue weighted by molar-refractivity contribution is 8.18. The number of nitrogens with one attached hydrogen (secondary N) is 1. The Hall–Kier alpha value is -4.55. The van der Waals surface area contributed by atoms with Gasteiger partial charge < -0.3 is 14.8 Å². The molecule has 0 aromatic heterocycles. The number of para-hydroxylation sites is 1. The van der Waals surface area contributed by atoms with Crippen molar-refractivity contribution >= 4 is 40.6 Å². The van der Waals surface area contributed by atoms with Crippen molar-refractivity contribution in [3.8, 4) is 17.6 Å². The Kier molecular flexibility index (Phi) is 7.68. The summed E-state index contributed by atoms with van der Waals surface area (Å²) in [7, 11) is 1.49. The first kappa shape index (κ1) is 24.6. The van der Waals surface area contributed by atoms with Crippen LogP contribution in [0.25, 0.3) is 6.08 Å². The van der Waals surface area contributed by atoms with Gasteiger partial charge >= 0.3 is 0 Å². The number of thioether (sulfide) groups is 1. The summed E-state index contributed by atoms with van der Waals surface area (Å²) in [5, 5.41) is 11.4. The molecule has 0 bridgehead atoms. The number of nitrogens with zero attached hydrogens (tertiary/aromatic N) is 2. The van der Waals surface area contributed by atoms with E-state index in [4.69, 9.17) is 9.47 Å². The number of anilines is 1. The fourth-order valence-electron chi connectivity index (χ4n) is 3.46. The molecule has 8 nitrogen and oxygen atoms in total. The van der Waals surface area contributed by atoms with Crippen LogP contribution < -0.4 is 14.8 Å². The van der Waals surface area contributed by atoms with Crippen molar-refractivity contribution in [3.63, 3.8) is 0 Å². The Balaban J connectivity index is 1.44. The lowest BCUT2D eigenvalue weighted by Gasteiger charge is -2.13. The number of carbonyl (C=O) groups excluding carboxylic acids is 3. The first-order valence-corrected chi connectivity index (χ1v) is 11.7. The van der Waals surface area contributed by atoms with Gasteiger partial charge in [0.1, 0.15) is 13.2 Å². The van der Waals surface area contributed by atoms with Crippen LogP contribution >= 0.6 is 11.8 Å². The molecule has 180 valence electrons. The number of nitriles is 1. The summed E-state index contributed by atoms with van der Waals surface area (Å²) >= 11 is 0.770. The predicted octanol–water partition coefficient (Wildman–Crippen LogP) is 4.82. The van der Waals surface area contributed by atoms with Gasteiger partial charge in [0.2, 0.25) is 5.91 Å². The standard InChI is InChI=1S/C27H21N3O5S/c1-34-23-13-18(11-12-22(23)35-17-20-8-6-5-7-19(20)15-28)14-24-26(32)30(27(33)36-24)16-25(31)29-21-9-3-2-4-10-21/h2-14H,16-17H2,1H3,(H,29,31)/b24-14-. The van der Waals surface area contributed by atoms with E-state index in [1.54, 1.807) is 60.7 Å². The van der Waals surface area contributed by atoms with Gasteiger partial charge in [0.25, 0.3) is 11.1 Å². The molecule has 1 saturated heterocycles. The number of methoxy groups -OCH3 is 1. The lowest BCUT2D eigenvalue weighted by Crippen LogP contribution is -2.36. The summed E-state index contributed by atoms with van der Waals surface area (Å²) in [5.74, 6) is -0.112. The minimum absolute atomic E-state index is 0.184. The van der Waals surface area contributed by atoms with Crippen LogP contribution in [0.15, 0.2) is 77.7 Å². The van der Waals surface area contributed by atoms with E-state index in [0.717, 1.165) is 22.2 Å². The van der Waals surface area contributed by atoms with Crippen molar-refractivity contribution in [1.29, 1.82) is 5.26 Å². The van der Waals surface area contributed by atoms with Gasteiger partial charge in [0.05, 0.1) is 23.6 Å². The van der Waals surface area contributed by atoms with Gasteiger partial charge in [-0.3, -0.25) is 19.3 Å². The molecule has 0 radical (unpaired) electrons. The summed E-state index contributed by atoms with van der Waals surface area (Å²) in [6.45, 7) is -0.194. The maximum Gasteiger partial charge on any atom is 0.294 e. The summed E-state index contributed by atoms with van der Waals surface area (Å²) in [4.78, 5) is 38.6. The minimum atomic E-state index is -0.541. The second-order valence-electron chi connectivity index (χ2n) is 7.65. The highest BCUT2D eigenvalue weighted by atomic mass is 32.2. The Labute approximate surface area is 212 Å². The van der Waals surface area contributed by atoms with Crippen LogP contribution in [0.5, 0.6) is 11.5 Å². The van der Waals surface area contributed by atoms with E-state index in [0.29, 0.717) is 28.3 Å². The molecule has 0 unspecified atom stereocenters. The molecular formula is C27H21N3O5S. The molecule has 1 aliphatic rings.